The first-order chi connectivity index (χ1) is 9.18. The Morgan fingerprint density at radius 1 is 1.25 bits per heavy atom. The van der Waals surface area contributed by atoms with Gasteiger partial charge in [-0.25, -0.2) is 9.59 Å². The molecule has 0 aromatic carbocycles. The molecular weight excluding hydrogens is 258 g/mol. The van der Waals surface area contributed by atoms with E-state index in [1.165, 1.54) is 6.08 Å². The average molecular weight is 281 g/mol. The molecule has 3 saturated carbocycles. The molecule has 3 aliphatic carbocycles. The molecule has 0 aliphatic heterocycles. The van der Waals surface area contributed by atoms with E-state index in [-0.39, 0.29) is 23.0 Å². The number of carbonyl (C=O) groups is 2. The number of amides is 1. The molecule has 0 aromatic rings. The SMILES string of the molecule is CCOC(=O)C=CC12CC(NC(=O)OC(C)(C)C)(C1)C2. The Hall–Kier alpha value is -1.52. The van der Waals surface area contributed by atoms with E-state index in [1.54, 1.807) is 6.92 Å². The number of alkyl carbamates (subject to hydrolysis) is 1. The summed E-state index contributed by atoms with van der Waals surface area (Å²) in [5, 5.41) is 2.94. The second-order valence-corrected chi connectivity index (χ2v) is 6.89. The van der Waals surface area contributed by atoms with Crippen molar-refractivity contribution in [1.82, 2.24) is 5.32 Å². The third-order valence-electron chi connectivity index (χ3n) is 3.70. The Morgan fingerprint density at radius 3 is 2.35 bits per heavy atom. The molecule has 0 atom stereocenters. The maximum absolute atomic E-state index is 11.7. The summed E-state index contributed by atoms with van der Waals surface area (Å²) >= 11 is 0. The fraction of sp³-hybridized carbons (Fsp3) is 0.733. The molecule has 0 heterocycles. The van der Waals surface area contributed by atoms with Crippen LogP contribution in [0.5, 0.6) is 0 Å². The molecule has 0 radical (unpaired) electrons. The highest BCUT2D eigenvalue weighted by Crippen LogP contribution is 2.68. The molecule has 0 aromatic heterocycles. The molecular formula is C15H23NO4. The zero-order valence-corrected chi connectivity index (χ0v) is 12.6. The lowest BCUT2D eigenvalue weighted by Crippen LogP contribution is -2.74. The van der Waals surface area contributed by atoms with Crippen LogP contribution in [0.2, 0.25) is 0 Å². The van der Waals surface area contributed by atoms with Crippen molar-refractivity contribution in [2.75, 3.05) is 6.61 Å². The smallest absolute Gasteiger partial charge is 0.408 e. The number of allylic oxidation sites excluding steroid dienone is 1. The molecule has 5 nitrogen and oxygen atoms in total. The van der Waals surface area contributed by atoms with Crippen molar-refractivity contribution in [2.45, 2.75) is 58.1 Å². The summed E-state index contributed by atoms with van der Waals surface area (Å²) < 4.78 is 10.1. The molecule has 2 bridgehead atoms. The highest BCUT2D eigenvalue weighted by atomic mass is 16.6. The minimum Gasteiger partial charge on any atom is -0.463 e. The van der Waals surface area contributed by atoms with Crippen molar-refractivity contribution in [2.24, 2.45) is 5.41 Å². The third-order valence-corrected chi connectivity index (χ3v) is 3.70. The van der Waals surface area contributed by atoms with Gasteiger partial charge in [0.15, 0.2) is 0 Å². The Bertz CT molecular complexity index is 428. The van der Waals surface area contributed by atoms with Gasteiger partial charge in [0.1, 0.15) is 5.60 Å². The summed E-state index contributed by atoms with van der Waals surface area (Å²) in [5.41, 5.74) is -0.530. The fourth-order valence-electron chi connectivity index (χ4n) is 3.13. The lowest BCUT2D eigenvalue weighted by atomic mass is 9.39. The Kier molecular flexibility index (Phi) is 3.56. The van der Waals surface area contributed by atoms with Gasteiger partial charge in [-0.1, -0.05) is 6.08 Å². The van der Waals surface area contributed by atoms with Crippen LogP contribution < -0.4 is 5.32 Å². The fourth-order valence-corrected chi connectivity index (χ4v) is 3.13. The van der Waals surface area contributed by atoms with E-state index in [1.807, 2.05) is 26.8 Å². The maximum atomic E-state index is 11.7. The van der Waals surface area contributed by atoms with Crippen LogP contribution in [-0.2, 0) is 14.3 Å². The molecule has 5 heteroatoms. The topological polar surface area (TPSA) is 64.6 Å². The number of nitrogens with one attached hydrogen (secondary N) is 1. The van der Waals surface area contributed by atoms with Crippen molar-refractivity contribution >= 4 is 12.1 Å². The highest BCUT2D eigenvalue weighted by molar-refractivity contribution is 5.82. The summed E-state index contributed by atoms with van der Waals surface area (Å²) in [6.45, 7) is 7.71. The van der Waals surface area contributed by atoms with Crippen molar-refractivity contribution in [3.8, 4) is 0 Å². The van der Waals surface area contributed by atoms with Crippen LogP contribution in [0.3, 0.4) is 0 Å². The van der Waals surface area contributed by atoms with E-state index >= 15 is 0 Å². The average Bonchev–Trinajstić information content (AvgIpc) is 2.17. The minimum absolute atomic E-state index is 0.0712. The lowest BCUT2D eigenvalue weighted by molar-refractivity contribution is -0.138. The first-order valence-electron chi connectivity index (χ1n) is 7.05. The zero-order valence-electron chi connectivity index (χ0n) is 12.6. The first-order valence-corrected chi connectivity index (χ1v) is 7.05. The summed E-state index contributed by atoms with van der Waals surface area (Å²) in [5.74, 6) is -0.300. The highest BCUT2D eigenvalue weighted by Gasteiger charge is 2.67. The van der Waals surface area contributed by atoms with Gasteiger partial charge in [0.05, 0.1) is 6.61 Å². The molecule has 3 fully saturated rings. The number of carbonyl (C=O) groups excluding carboxylic acids is 2. The third kappa shape index (κ3) is 3.14. The molecule has 0 spiro atoms. The second kappa shape index (κ2) is 4.79. The molecule has 0 saturated heterocycles. The summed E-state index contributed by atoms with van der Waals surface area (Å²) in [7, 11) is 0. The van der Waals surface area contributed by atoms with Crippen molar-refractivity contribution in [3.05, 3.63) is 12.2 Å². The van der Waals surface area contributed by atoms with Crippen LogP contribution in [0, 0.1) is 5.41 Å². The summed E-state index contributed by atoms with van der Waals surface area (Å²) in [6.07, 6.45) is 5.67. The molecule has 3 aliphatic rings. The van der Waals surface area contributed by atoms with Gasteiger partial charge in [0, 0.05) is 11.6 Å². The Labute approximate surface area is 119 Å². The Balaban J connectivity index is 1.77. The van der Waals surface area contributed by atoms with Crippen LogP contribution in [0.15, 0.2) is 12.2 Å². The van der Waals surface area contributed by atoms with Gasteiger partial charge < -0.3 is 14.8 Å². The van der Waals surface area contributed by atoms with Crippen LogP contribution in [-0.4, -0.2) is 29.8 Å². The monoisotopic (exact) mass is 281 g/mol. The zero-order chi connectivity index (χ0) is 15.0. The predicted octanol–water partition coefficient (Wildman–Crippen LogP) is 2.55. The van der Waals surface area contributed by atoms with Gasteiger partial charge in [-0.3, -0.25) is 0 Å². The standard InChI is InChI=1S/C15H23NO4/c1-5-19-11(17)6-7-14-8-15(9-14,10-14)16-12(18)20-13(2,3)4/h6-7H,5,8-10H2,1-4H3,(H,16,18). The molecule has 1 amide bonds. The number of ether oxygens (including phenoxy) is 2. The van der Waals surface area contributed by atoms with Gasteiger partial charge in [0.25, 0.3) is 0 Å². The number of hydrogen-bond donors (Lipinski definition) is 1. The van der Waals surface area contributed by atoms with Crippen LogP contribution in [0.25, 0.3) is 0 Å². The van der Waals surface area contributed by atoms with Gasteiger partial charge in [0.2, 0.25) is 0 Å². The van der Waals surface area contributed by atoms with Crippen molar-refractivity contribution in [3.63, 3.8) is 0 Å². The Morgan fingerprint density at radius 2 is 1.85 bits per heavy atom. The van der Waals surface area contributed by atoms with Crippen LogP contribution >= 0.6 is 0 Å². The van der Waals surface area contributed by atoms with Gasteiger partial charge >= 0.3 is 12.1 Å². The van der Waals surface area contributed by atoms with Crippen LogP contribution in [0.4, 0.5) is 4.79 Å². The first kappa shape index (κ1) is 14.9. The normalized spacial score (nSPS) is 31.2. The molecule has 1 N–H and O–H groups in total. The van der Waals surface area contributed by atoms with E-state index in [0.717, 1.165) is 19.3 Å². The molecule has 3 rings (SSSR count). The molecule has 20 heavy (non-hydrogen) atoms. The number of esters is 1. The maximum Gasteiger partial charge on any atom is 0.408 e. The van der Waals surface area contributed by atoms with E-state index in [9.17, 15) is 9.59 Å². The molecule has 112 valence electrons. The predicted molar refractivity (Wildman–Crippen MR) is 74.2 cm³/mol. The largest absolute Gasteiger partial charge is 0.463 e. The van der Waals surface area contributed by atoms with E-state index in [2.05, 4.69) is 5.32 Å². The molecule has 0 unspecified atom stereocenters. The van der Waals surface area contributed by atoms with Crippen molar-refractivity contribution < 1.29 is 19.1 Å². The van der Waals surface area contributed by atoms with E-state index < -0.39 is 5.60 Å². The van der Waals surface area contributed by atoms with Gasteiger partial charge in [-0.05, 0) is 52.4 Å². The lowest BCUT2D eigenvalue weighted by Gasteiger charge is -2.69. The van der Waals surface area contributed by atoms with Gasteiger partial charge in [-0.2, -0.15) is 0 Å². The summed E-state index contributed by atoms with van der Waals surface area (Å²) in [4.78, 5) is 23.0. The summed E-state index contributed by atoms with van der Waals surface area (Å²) in [6, 6.07) is 0. The number of rotatable bonds is 4. The van der Waals surface area contributed by atoms with Crippen LogP contribution in [0.1, 0.15) is 47.0 Å². The van der Waals surface area contributed by atoms with E-state index in [4.69, 9.17) is 9.47 Å². The number of hydrogen-bond acceptors (Lipinski definition) is 4. The van der Waals surface area contributed by atoms with E-state index in [0.29, 0.717) is 6.61 Å². The quantitative estimate of drug-likeness (QED) is 0.635. The second-order valence-electron chi connectivity index (χ2n) is 6.89. The minimum atomic E-state index is -0.477. The van der Waals surface area contributed by atoms with Crippen molar-refractivity contribution in [1.29, 1.82) is 0 Å². The van der Waals surface area contributed by atoms with Gasteiger partial charge in [-0.15, -0.1) is 0 Å².